The third-order valence-corrected chi connectivity index (χ3v) is 5.85. The fraction of sp³-hybridized carbons (Fsp3) is 0.107. The number of benzene rings is 2. The zero-order valence-corrected chi connectivity index (χ0v) is 17.7. The van der Waals surface area contributed by atoms with Crippen LogP contribution in [0.1, 0.15) is 17.5 Å². The largest absolute Gasteiger partial charge is 0.373 e. The first-order valence-electron chi connectivity index (χ1n) is 10.8. The van der Waals surface area contributed by atoms with E-state index in [1.54, 1.807) is 0 Å². The van der Waals surface area contributed by atoms with Crippen LogP contribution in [0.15, 0.2) is 97.6 Å². The monoisotopic (exact) mass is 421 g/mol. The summed E-state index contributed by atoms with van der Waals surface area (Å²) in [5.74, 6) is -0.232. The molecule has 0 radical (unpaired) electrons. The number of hydrogen-bond acceptors (Lipinski definition) is 2. The van der Waals surface area contributed by atoms with E-state index in [0.29, 0.717) is 0 Å². The van der Waals surface area contributed by atoms with Gasteiger partial charge in [0.25, 0.3) is 0 Å². The van der Waals surface area contributed by atoms with Gasteiger partial charge in [0.1, 0.15) is 5.82 Å². The van der Waals surface area contributed by atoms with Crippen molar-refractivity contribution >= 4 is 11.6 Å². The van der Waals surface area contributed by atoms with Crippen LogP contribution < -0.4 is 0 Å². The fourth-order valence-corrected chi connectivity index (χ4v) is 4.16. The molecule has 32 heavy (non-hydrogen) atoms. The smallest absolute Gasteiger partial charge is 0.123 e. The summed E-state index contributed by atoms with van der Waals surface area (Å²) in [5, 5.41) is 0. The molecule has 3 nitrogen and oxygen atoms in total. The second kappa shape index (κ2) is 9.06. The maximum absolute atomic E-state index is 13.5. The molecule has 2 aromatic carbocycles. The molecule has 0 atom stereocenters. The summed E-state index contributed by atoms with van der Waals surface area (Å²) in [5.41, 5.74) is 7.93. The van der Waals surface area contributed by atoms with E-state index < -0.39 is 0 Å². The van der Waals surface area contributed by atoms with Crippen LogP contribution in [-0.4, -0.2) is 28.0 Å². The van der Waals surface area contributed by atoms with Gasteiger partial charge in [-0.3, -0.25) is 4.98 Å². The molecule has 0 saturated carbocycles. The number of halogens is 1. The standard InChI is InChI=1S/C28H24FN3/c29-25-8-6-24(7-9-25)28-27(23-10-15-30-16-11-23)26(20-31-28)22-13-18-32(19-14-22)17-12-21-4-2-1-3-5-21/h1-13,15-17,20,31H,14,18-19H2. The van der Waals surface area contributed by atoms with Crippen molar-refractivity contribution in [2.45, 2.75) is 6.42 Å². The van der Waals surface area contributed by atoms with E-state index in [1.807, 2.05) is 42.7 Å². The number of pyridine rings is 1. The lowest BCUT2D eigenvalue weighted by molar-refractivity contribution is 0.416. The van der Waals surface area contributed by atoms with Gasteiger partial charge >= 0.3 is 0 Å². The number of nitrogens with zero attached hydrogens (tertiary/aromatic N) is 2. The van der Waals surface area contributed by atoms with Gasteiger partial charge in [0, 0.05) is 42.8 Å². The van der Waals surface area contributed by atoms with Gasteiger partial charge in [0.2, 0.25) is 0 Å². The normalized spacial score (nSPS) is 14.0. The van der Waals surface area contributed by atoms with Crippen molar-refractivity contribution in [1.29, 1.82) is 0 Å². The molecule has 1 N–H and O–H groups in total. The van der Waals surface area contributed by atoms with Crippen molar-refractivity contribution in [3.8, 4) is 22.4 Å². The van der Waals surface area contributed by atoms with Gasteiger partial charge < -0.3 is 9.88 Å². The maximum atomic E-state index is 13.5. The molecule has 2 aromatic heterocycles. The third kappa shape index (κ3) is 4.26. The Kier molecular flexibility index (Phi) is 5.67. The molecule has 0 unspecified atom stereocenters. The predicted octanol–water partition coefficient (Wildman–Crippen LogP) is 6.64. The van der Waals surface area contributed by atoms with Gasteiger partial charge in [-0.25, -0.2) is 4.39 Å². The number of aromatic amines is 1. The highest BCUT2D eigenvalue weighted by Crippen LogP contribution is 2.39. The molecule has 0 aliphatic carbocycles. The van der Waals surface area contributed by atoms with E-state index in [0.717, 1.165) is 41.9 Å². The molecular formula is C28H24FN3. The van der Waals surface area contributed by atoms with Crippen LogP contribution in [0.5, 0.6) is 0 Å². The first-order valence-corrected chi connectivity index (χ1v) is 10.8. The highest BCUT2D eigenvalue weighted by Gasteiger charge is 2.20. The third-order valence-electron chi connectivity index (χ3n) is 5.85. The Balaban J connectivity index is 1.45. The topological polar surface area (TPSA) is 31.9 Å². The van der Waals surface area contributed by atoms with Gasteiger partial charge in [-0.05, 0) is 77.4 Å². The molecule has 4 aromatic rings. The van der Waals surface area contributed by atoms with E-state index >= 15 is 0 Å². The predicted molar refractivity (Wildman–Crippen MR) is 129 cm³/mol. The first kappa shape index (κ1) is 20.0. The molecule has 158 valence electrons. The summed E-state index contributed by atoms with van der Waals surface area (Å²) < 4.78 is 13.5. The average molecular weight is 422 g/mol. The summed E-state index contributed by atoms with van der Waals surface area (Å²) in [6, 6.07) is 21.1. The quantitative estimate of drug-likeness (QED) is 0.392. The molecule has 0 bridgehead atoms. The Bertz CT molecular complexity index is 1240. The van der Waals surface area contributed by atoms with Gasteiger partial charge in [0.05, 0.1) is 5.69 Å². The first-order chi connectivity index (χ1) is 15.8. The molecule has 0 spiro atoms. The van der Waals surface area contributed by atoms with Crippen molar-refractivity contribution in [2.24, 2.45) is 0 Å². The van der Waals surface area contributed by atoms with Crippen molar-refractivity contribution in [2.75, 3.05) is 13.1 Å². The molecule has 0 fully saturated rings. The van der Waals surface area contributed by atoms with Crippen LogP contribution in [-0.2, 0) is 0 Å². The molecule has 0 amide bonds. The van der Waals surface area contributed by atoms with E-state index in [-0.39, 0.29) is 5.82 Å². The highest BCUT2D eigenvalue weighted by atomic mass is 19.1. The summed E-state index contributed by atoms with van der Waals surface area (Å²) in [6.45, 7) is 1.83. The van der Waals surface area contributed by atoms with Gasteiger partial charge in [-0.15, -0.1) is 0 Å². The fourth-order valence-electron chi connectivity index (χ4n) is 4.16. The second-order valence-corrected chi connectivity index (χ2v) is 7.90. The van der Waals surface area contributed by atoms with E-state index in [2.05, 4.69) is 63.7 Å². The lowest BCUT2D eigenvalue weighted by atomic mass is 9.92. The van der Waals surface area contributed by atoms with E-state index in [4.69, 9.17) is 0 Å². The van der Waals surface area contributed by atoms with Crippen LogP contribution in [0.2, 0.25) is 0 Å². The van der Waals surface area contributed by atoms with E-state index in [9.17, 15) is 4.39 Å². The van der Waals surface area contributed by atoms with Gasteiger partial charge in [0.15, 0.2) is 0 Å². The van der Waals surface area contributed by atoms with Crippen molar-refractivity contribution in [1.82, 2.24) is 14.9 Å². The minimum Gasteiger partial charge on any atom is -0.373 e. The van der Waals surface area contributed by atoms with Gasteiger partial charge in [-0.1, -0.05) is 36.4 Å². The molecule has 1 aliphatic heterocycles. The van der Waals surface area contributed by atoms with Crippen molar-refractivity contribution < 1.29 is 4.39 Å². The maximum Gasteiger partial charge on any atom is 0.123 e. The average Bonchev–Trinajstić information content (AvgIpc) is 3.30. The number of aromatic nitrogens is 2. The van der Waals surface area contributed by atoms with Crippen LogP contribution in [0.4, 0.5) is 4.39 Å². The Morgan fingerprint density at radius 3 is 2.41 bits per heavy atom. The zero-order valence-electron chi connectivity index (χ0n) is 17.7. The number of rotatable bonds is 5. The molecule has 4 heteroatoms. The van der Waals surface area contributed by atoms with Crippen molar-refractivity contribution in [3.05, 3.63) is 115 Å². The van der Waals surface area contributed by atoms with Gasteiger partial charge in [-0.2, -0.15) is 0 Å². The molecule has 0 saturated heterocycles. The second-order valence-electron chi connectivity index (χ2n) is 7.90. The lowest BCUT2D eigenvalue weighted by Crippen LogP contribution is -2.22. The number of H-pyrrole nitrogens is 1. The Morgan fingerprint density at radius 2 is 1.69 bits per heavy atom. The summed E-state index contributed by atoms with van der Waals surface area (Å²) in [4.78, 5) is 9.96. The minimum atomic E-state index is -0.232. The zero-order chi connectivity index (χ0) is 21.8. The summed E-state index contributed by atoms with van der Waals surface area (Å²) in [7, 11) is 0. The van der Waals surface area contributed by atoms with Crippen LogP contribution >= 0.6 is 0 Å². The highest BCUT2D eigenvalue weighted by molar-refractivity contribution is 5.91. The lowest BCUT2D eigenvalue weighted by Gasteiger charge is -2.25. The molecule has 5 rings (SSSR count). The van der Waals surface area contributed by atoms with Crippen molar-refractivity contribution in [3.63, 3.8) is 0 Å². The van der Waals surface area contributed by atoms with Crippen LogP contribution in [0, 0.1) is 5.82 Å². The Morgan fingerprint density at radius 1 is 0.906 bits per heavy atom. The SMILES string of the molecule is Fc1ccc(-c2[nH]cc(C3=CCN(C=Cc4ccccc4)CC3)c2-c2ccncc2)cc1. The number of nitrogens with one attached hydrogen (secondary N) is 1. The summed E-state index contributed by atoms with van der Waals surface area (Å²) >= 11 is 0. The Hall–Kier alpha value is -3.92. The minimum absolute atomic E-state index is 0.232. The summed E-state index contributed by atoms with van der Waals surface area (Å²) in [6.07, 6.45) is 13.3. The van der Waals surface area contributed by atoms with Crippen LogP contribution in [0.25, 0.3) is 34.0 Å². The Labute approximate surface area is 187 Å². The number of hydrogen-bond donors (Lipinski definition) is 1. The van der Waals surface area contributed by atoms with Crippen LogP contribution in [0.3, 0.4) is 0 Å². The molecular weight excluding hydrogens is 397 g/mol. The molecule has 3 heterocycles. The molecule has 1 aliphatic rings. The van der Waals surface area contributed by atoms with E-state index in [1.165, 1.54) is 28.8 Å².